The van der Waals surface area contributed by atoms with Crippen molar-refractivity contribution in [1.82, 2.24) is 4.90 Å². The van der Waals surface area contributed by atoms with E-state index >= 15 is 0 Å². The number of nitrogens with zero attached hydrogens (tertiary/aromatic N) is 1. The number of benzene rings is 1. The Morgan fingerprint density at radius 2 is 1.86 bits per heavy atom. The molecule has 0 atom stereocenters. The van der Waals surface area contributed by atoms with Crippen LogP contribution in [0.5, 0.6) is 11.5 Å². The summed E-state index contributed by atoms with van der Waals surface area (Å²) >= 11 is 0. The van der Waals surface area contributed by atoms with Crippen LogP contribution in [-0.2, 0) is 6.42 Å². The Kier molecular flexibility index (Phi) is 6.07. The van der Waals surface area contributed by atoms with E-state index in [1.54, 1.807) is 14.2 Å². The highest BCUT2D eigenvalue weighted by Crippen LogP contribution is 2.38. The summed E-state index contributed by atoms with van der Waals surface area (Å²) in [7, 11) is 3.42. The lowest BCUT2D eigenvalue weighted by atomic mass is 9.96. The number of halogens is 1. The Labute approximate surface area is 133 Å². The second-order valence-electron chi connectivity index (χ2n) is 6.29. The molecule has 0 aromatic heterocycles. The van der Waals surface area contributed by atoms with Gasteiger partial charge >= 0.3 is 0 Å². The molecule has 0 unspecified atom stereocenters. The Bertz CT molecular complexity index is 482. The van der Waals surface area contributed by atoms with E-state index in [2.05, 4.69) is 24.8 Å². The first-order valence-electron chi connectivity index (χ1n) is 8.17. The number of rotatable bonds is 6. The quantitative estimate of drug-likeness (QED) is 0.798. The minimum absolute atomic E-state index is 0.340. The summed E-state index contributed by atoms with van der Waals surface area (Å²) in [6, 6.07) is 4.12. The summed E-state index contributed by atoms with van der Waals surface area (Å²) in [5.41, 5.74) is 2.33. The zero-order chi connectivity index (χ0) is 16.1. The van der Waals surface area contributed by atoms with Gasteiger partial charge < -0.3 is 14.4 Å². The topological polar surface area (TPSA) is 21.7 Å². The van der Waals surface area contributed by atoms with Crippen LogP contribution in [0.1, 0.15) is 43.7 Å². The molecule has 1 heterocycles. The molecule has 2 rings (SSSR count). The van der Waals surface area contributed by atoms with Gasteiger partial charge in [-0.15, -0.1) is 0 Å². The molecule has 1 aliphatic heterocycles. The van der Waals surface area contributed by atoms with Crippen molar-refractivity contribution in [2.75, 3.05) is 33.9 Å². The monoisotopic (exact) mass is 309 g/mol. The van der Waals surface area contributed by atoms with Gasteiger partial charge in [0, 0.05) is 25.2 Å². The lowest BCUT2D eigenvalue weighted by Crippen LogP contribution is -2.35. The molecule has 0 amide bonds. The number of ether oxygens (including phenoxy) is 2. The molecule has 0 bridgehead atoms. The molecule has 22 heavy (non-hydrogen) atoms. The lowest BCUT2D eigenvalue weighted by Gasteiger charge is -2.29. The molecule has 0 aliphatic carbocycles. The Morgan fingerprint density at radius 3 is 2.41 bits per heavy atom. The zero-order valence-electron chi connectivity index (χ0n) is 14.2. The fraction of sp³-hybridized carbons (Fsp3) is 0.667. The predicted molar refractivity (Wildman–Crippen MR) is 87.9 cm³/mol. The molecule has 1 fully saturated rings. The third kappa shape index (κ3) is 3.92. The van der Waals surface area contributed by atoms with Crippen molar-refractivity contribution in [2.45, 2.75) is 45.2 Å². The SMILES string of the molecule is COc1ccc(CCN2CCC(F)CC2)c(OC)c1C(C)C. The van der Waals surface area contributed by atoms with Gasteiger partial charge in [-0.05, 0) is 36.8 Å². The largest absolute Gasteiger partial charge is 0.496 e. The Balaban J connectivity index is 2.11. The average Bonchev–Trinajstić information content (AvgIpc) is 2.53. The molecule has 0 radical (unpaired) electrons. The first-order chi connectivity index (χ1) is 10.6. The first-order valence-corrected chi connectivity index (χ1v) is 8.17. The lowest BCUT2D eigenvalue weighted by molar-refractivity contribution is 0.152. The minimum Gasteiger partial charge on any atom is -0.496 e. The molecular formula is C18H28FNO2. The van der Waals surface area contributed by atoms with E-state index < -0.39 is 6.17 Å². The number of methoxy groups -OCH3 is 2. The zero-order valence-corrected chi connectivity index (χ0v) is 14.2. The van der Waals surface area contributed by atoms with E-state index in [4.69, 9.17) is 9.47 Å². The maximum absolute atomic E-state index is 13.2. The molecule has 0 spiro atoms. The standard InChI is InChI=1S/C18H28FNO2/c1-13(2)17-16(21-3)6-5-14(18(17)22-4)7-10-20-11-8-15(19)9-12-20/h5-6,13,15H,7-12H2,1-4H3. The van der Waals surface area contributed by atoms with Gasteiger partial charge in [0.25, 0.3) is 0 Å². The van der Waals surface area contributed by atoms with Crippen molar-refractivity contribution in [2.24, 2.45) is 0 Å². The third-order valence-corrected chi connectivity index (χ3v) is 4.45. The van der Waals surface area contributed by atoms with Gasteiger partial charge in [0.1, 0.15) is 17.7 Å². The van der Waals surface area contributed by atoms with Gasteiger partial charge in [-0.1, -0.05) is 19.9 Å². The summed E-state index contributed by atoms with van der Waals surface area (Å²) in [5, 5.41) is 0. The molecule has 1 saturated heterocycles. The summed E-state index contributed by atoms with van der Waals surface area (Å²) < 4.78 is 24.4. The second-order valence-corrected chi connectivity index (χ2v) is 6.29. The van der Waals surface area contributed by atoms with Crippen molar-refractivity contribution in [1.29, 1.82) is 0 Å². The number of likely N-dealkylation sites (tertiary alicyclic amines) is 1. The molecule has 3 nitrogen and oxygen atoms in total. The van der Waals surface area contributed by atoms with Crippen LogP contribution in [0.25, 0.3) is 0 Å². The minimum atomic E-state index is -0.612. The van der Waals surface area contributed by atoms with Crippen LogP contribution in [0.3, 0.4) is 0 Å². The van der Waals surface area contributed by atoms with Crippen molar-refractivity contribution in [3.8, 4) is 11.5 Å². The Hall–Kier alpha value is -1.29. The maximum atomic E-state index is 13.2. The molecule has 0 saturated carbocycles. The molecule has 1 aromatic rings. The highest BCUT2D eigenvalue weighted by molar-refractivity contribution is 5.52. The molecule has 1 aromatic carbocycles. The van der Waals surface area contributed by atoms with Crippen molar-refractivity contribution < 1.29 is 13.9 Å². The van der Waals surface area contributed by atoms with E-state index in [0.717, 1.165) is 43.1 Å². The van der Waals surface area contributed by atoms with Crippen LogP contribution in [0.4, 0.5) is 4.39 Å². The highest BCUT2D eigenvalue weighted by Gasteiger charge is 2.20. The van der Waals surface area contributed by atoms with Gasteiger partial charge in [-0.3, -0.25) is 0 Å². The first kappa shape index (κ1) is 17.1. The maximum Gasteiger partial charge on any atom is 0.129 e. The second kappa shape index (κ2) is 7.82. The average molecular weight is 309 g/mol. The van der Waals surface area contributed by atoms with E-state index in [0.29, 0.717) is 18.8 Å². The van der Waals surface area contributed by atoms with Crippen LogP contribution in [0.15, 0.2) is 12.1 Å². The molecule has 0 N–H and O–H groups in total. The number of hydrogen-bond acceptors (Lipinski definition) is 3. The molecule has 1 aliphatic rings. The molecule has 4 heteroatoms. The van der Waals surface area contributed by atoms with Gasteiger partial charge in [0.15, 0.2) is 0 Å². The predicted octanol–water partition coefficient (Wildman–Crippen LogP) is 3.80. The van der Waals surface area contributed by atoms with Crippen LogP contribution in [0.2, 0.25) is 0 Å². The van der Waals surface area contributed by atoms with E-state index in [1.165, 1.54) is 5.56 Å². The van der Waals surface area contributed by atoms with Crippen LogP contribution in [-0.4, -0.2) is 44.9 Å². The van der Waals surface area contributed by atoms with Crippen LogP contribution in [0, 0.1) is 0 Å². The normalized spacial score (nSPS) is 17.0. The van der Waals surface area contributed by atoms with Crippen LogP contribution >= 0.6 is 0 Å². The molecular weight excluding hydrogens is 281 g/mol. The van der Waals surface area contributed by atoms with Crippen molar-refractivity contribution in [3.63, 3.8) is 0 Å². The fourth-order valence-corrected chi connectivity index (χ4v) is 3.19. The van der Waals surface area contributed by atoms with Gasteiger partial charge in [0.05, 0.1) is 14.2 Å². The fourth-order valence-electron chi connectivity index (χ4n) is 3.19. The van der Waals surface area contributed by atoms with Crippen molar-refractivity contribution in [3.05, 3.63) is 23.3 Å². The van der Waals surface area contributed by atoms with Gasteiger partial charge in [-0.25, -0.2) is 4.39 Å². The Morgan fingerprint density at radius 1 is 1.18 bits per heavy atom. The number of alkyl halides is 1. The summed E-state index contributed by atoms with van der Waals surface area (Å²) in [6.07, 6.45) is 1.64. The summed E-state index contributed by atoms with van der Waals surface area (Å²) in [6.45, 7) is 6.96. The third-order valence-electron chi connectivity index (χ3n) is 4.45. The highest BCUT2D eigenvalue weighted by atomic mass is 19.1. The van der Waals surface area contributed by atoms with Gasteiger partial charge in [-0.2, -0.15) is 0 Å². The van der Waals surface area contributed by atoms with E-state index in [1.807, 2.05) is 6.07 Å². The van der Waals surface area contributed by atoms with Crippen molar-refractivity contribution >= 4 is 0 Å². The van der Waals surface area contributed by atoms with E-state index in [-0.39, 0.29) is 0 Å². The summed E-state index contributed by atoms with van der Waals surface area (Å²) in [5.74, 6) is 2.16. The number of piperidine rings is 1. The molecule has 124 valence electrons. The smallest absolute Gasteiger partial charge is 0.129 e. The van der Waals surface area contributed by atoms with Crippen LogP contribution < -0.4 is 9.47 Å². The van der Waals surface area contributed by atoms with Gasteiger partial charge in [0.2, 0.25) is 0 Å². The summed E-state index contributed by atoms with van der Waals surface area (Å²) in [4.78, 5) is 2.34. The number of hydrogen-bond donors (Lipinski definition) is 0. The van der Waals surface area contributed by atoms with E-state index in [9.17, 15) is 4.39 Å².